The van der Waals surface area contributed by atoms with Crippen LogP contribution in [0.25, 0.3) is 49.9 Å². The van der Waals surface area contributed by atoms with Crippen molar-refractivity contribution >= 4 is 66.6 Å². The molecule has 0 saturated heterocycles. The van der Waals surface area contributed by atoms with Crippen molar-refractivity contribution in [2.75, 3.05) is 16.5 Å². The quantitative estimate of drug-likeness (QED) is 0.156. The van der Waals surface area contributed by atoms with Crippen LogP contribution in [0.3, 0.4) is 0 Å². The molecule has 2 aliphatic heterocycles. The molecule has 4 heterocycles. The number of hydrogen-bond acceptors (Lipinski definition) is 4. The Morgan fingerprint density at radius 2 is 1.17 bits per heavy atom. The molecule has 2 aromatic heterocycles. The summed E-state index contributed by atoms with van der Waals surface area (Å²) in [6, 6.07) is 61.6. The van der Waals surface area contributed by atoms with Crippen molar-refractivity contribution in [1.82, 2.24) is 9.55 Å². The number of nitrogens with zero attached hydrogens (tertiary/aromatic N) is 4. The standard InChI is InChI=1S/C54H46GeN4O/c1-54(2,3)38-30-31-56-51(32-38)59-47-24-13-12-20-43(47)44-28-26-39(33-49(44)59)60-40-27-29-45-50(34-40)58-35-57(48-25-15-23-46(53(48)58)55(45,4)5)52-41(36-16-8-6-9-17-36)21-14-22-42(52)37-18-10-7-11-19-37/h6-34H,35H2,1-5H3. The summed E-state index contributed by atoms with van der Waals surface area (Å²) in [5, 5.41) is 2.37. The van der Waals surface area contributed by atoms with Crippen LogP contribution in [-0.2, 0) is 5.41 Å². The average molecular weight is 840 g/mol. The molecule has 2 aliphatic rings. The molecule has 0 spiro atoms. The van der Waals surface area contributed by atoms with Crippen LogP contribution in [0.15, 0.2) is 176 Å². The molecule has 60 heavy (non-hydrogen) atoms. The van der Waals surface area contributed by atoms with Gasteiger partial charge in [0, 0.05) is 0 Å². The van der Waals surface area contributed by atoms with E-state index in [0.29, 0.717) is 6.67 Å². The van der Waals surface area contributed by atoms with Gasteiger partial charge in [-0.05, 0) is 11.5 Å². The van der Waals surface area contributed by atoms with Crippen LogP contribution in [0.1, 0.15) is 26.3 Å². The number of benzene rings is 7. The number of ether oxygens (including phenoxy) is 1. The van der Waals surface area contributed by atoms with E-state index in [2.05, 4.69) is 217 Å². The van der Waals surface area contributed by atoms with E-state index in [0.717, 1.165) is 28.4 Å². The Balaban J connectivity index is 1.03. The second kappa shape index (κ2) is 13.8. The molecule has 9 aromatic rings. The van der Waals surface area contributed by atoms with Gasteiger partial charge in [-0.2, -0.15) is 0 Å². The number of para-hydroxylation sites is 3. The Morgan fingerprint density at radius 3 is 1.90 bits per heavy atom. The van der Waals surface area contributed by atoms with Gasteiger partial charge in [0.15, 0.2) is 0 Å². The van der Waals surface area contributed by atoms with Gasteiger partial charge >= 0.3 is 324 Å². The third-order valence-electron chi connectivity index (χ3n) is 12.7. The summed E-state index contributed by atoms with van der Waals surface area (Å²) >= 11 is -2.78. The van der Waals surface area contributed by atoms with Crippen LogP contribution in [0.4, 0.5) is 22.7 Å². The molecule has 6 heteroatoms. The van der Waals surface area contributed by atoms with Gasteiger partial charge in [0.2, 0.25) is 0 Å². The topological polar surface area (TPSA) is 33.5 Å². The fraction of sp³-hybridized carbons (Fsp3) is 0.130. The van der Waals surface area contributed by atoms with Crippen LogP contribution in [0.2, 0.25) is 11.5 Å². The van der Waals surface area contributed by atoms with Gasteiger partial charge in [0.1, 0.15) is 0 Å². The molecule has 0 bridgehead atoms. The third kappa shape index (κ3) is 5.78. The molecule has 0 fully saturated rings. The fourth-order valence-electron chi connectivity index (χ4n) is 9.62. The Morgan fingerprint density at radius 1 is 0.533 bits per heavy atom. The molecule has 0 amide bonds. The molecule has 5 nitrogen and oxygen atoms in total. The minimum atomic E-state index is -2.78. The third-order valence-corrected chi connectivity index (χ3v) is 20.0. The van der Waals surface area contributed by atoms with E-state index in [-0.39, 0.29) is 5.41 Å². The van der Waals surface area contributed by atoms with Crippen molar-refractivity contribution in [2.24, 2.45) is 0 Å². The maximum atomic E-state index is 6.90. The Bertz CT molecular complexity index is 3070. The summed E-state index contributed by atoms with van der Waals surface area (Å²) in [4.78, 5) is 10.0. The van der Waals surface area contributed by atoms with E-state index < -0.39 is 13.3 Å². The molecule has 0 unspecified atom stereocenters. The van der Waals surface area contributed by atoms with Crippen LogP contribution in [0.5, 0.6) is 11.5 Å². The van der Waals surface area contributed by atoms with Crippen molar-refractivity contribution in [3.63, 3.8) is 0 Å². The van der Waals surface area contributed by atoms with Crippen molar-refractivity contribution < 1.29 is 4.74 Å². The van der Waals surface area contributed by atoms with Gasteiger partial charge in [0.05, 0.1) is 0 Å². The van der Waals surface area contributed by atoms with Crippen molar-refractivity contribution in [2.45, 2.75) is 37.7 Å². The van der Waals surface area contributed by atoms with E-state index in [1.54, 1.807) is 0 Å². The Kier molecular flexibility index (Phi) is 8.37. The second-order valence-electron chi connectivity index (χ2n) is 17.7. The zero-order valence-corrected chi connectivity index (χ0v) is 36.7. The van der Waals surface area contributed by atoms with Gasteiger partial charge < -0.3 is 0 Å². The molecule has 0 N–H and O–H groups in total. The van der Waals surface area contributed by atoms with Gasteiger partial charge in [-0.3, -0.25) is 0 Å². The Labute approximate surface area is 354 Å². The summed E-state index contributed by atoms with van der Waals surface area (Å²) in [5.41, 5.74) is 13.4. The molecule has 0 saturated carbocycles. The average Bonchev–Trinajstić information content (AvgIpc) is 3.82. The van der Waals surface area contributed by atoms with E-state index in [9.17, 15) is 0 Å². The zero-order valence-electron chi connectivity index (χ0n) is 34.6. The predicted molar refractivity (Wildman–Crippen MR) is 253 cm³/mol. The first-order valence-electron chi connectivity index (χ1n) is 20.9. The Hall–Kier alpha value is -6.57. The molecule has 11 rings (SSSR count). The van der Waals surface area contributed by atoms with Gasteiger partial charge in [-0.15, -0.1) is 0 Å². The summed E-state index contributed by atoms with van der Waals surface area (Å²) in [5.74, 6) is 7.61. The zero-order chi connectivity index (χ0) is 40.8. The normalized spacial score (nSPS) is 14.1. The summed E-state index contributed by atoms with van der Waals surface area (Å²) in [6.07, 6.45) is 1.93. The number of fused-ring (bicyclic) bond motifs is 5. The first-order valence-corrected chi connectivity index (χ1v) is 27.2. The monoisotopic (exact) mass is 840 g/mol. The molecule has 0 aliphatic carbocycles. The van der Waals surface area contributed by atoms with Gasteiger partial charge in [0.25, 0.3) is 0 Å². The maximum absolute atomic E-state index is 6.90. The van der Waals surface area contributed by atoms with Crippen LogP contribution >= 0.6 is 0 Å². The predicted octanol–water partition coefficient (Wildman–Crippen LogP) is 13.0. The SMILES string of the molecule is CC(C)(C)c1ccnc(-n2c3ccccc3c3ccc(Oc4cc[c]5c(c4)N4CN(c6c(-c7ccccc7)cccc6-c6ccccc6)c6ccc[c](c64)[Ge]5([CH3])[CH3])cc32)c1. The van der Waals surface area contributed by atoms with Crippen molar-refractivity contribution in [3.05, 3.63) is 182 Å². The van der Waals surface area contributed by atoms with E-state index >= 15 is 0 Å². The van der Waals surface area contributed by atoms with Crippen molar-refractivity contribution in [1.29, 1.82) is 0 Å². The molecule has 0 atom stereocenters. The van der Waals surface area contributed by atoms with E-state index in [1.165, 1.54) is 70.1 Å². The minimum absolute atomic E-state index is 0.00128. The fourth-order valence-corrected chi connectivity index (χ4v) is 15.9. The first-order chi connectivity index (χ1) is 29.1. The molecule has 0 radical (unpaired) electrons. The first kappa shape index (κ1) is 36.5. The summed E-state index contributed by atoms with van der Waals surface area (Å²) in [6.45, 7) is 7.44. The van der Waals surface area contributed by atoms with E-state index in [1.807, 2.05) is 6.20 Å². The number of aromatic nitrogens is 2. The van der Waals surface area contributed by atoms with Gasteiger partial charge in [-0.1, -0.05) is 20.8 Å². The van der Waals surface area contributed by atoms with E-state index in [4.69, 9.17) is 9.72 Å². The number of anilines is 4. The van der Waals surface area contributed by atoms with Crippen LogP contribution in [0, 0.1) is 0 Å². The number of rotatable bonds is 6. The summed E-state index contributed by atoms with van der Waals surface area (Å²) < 4.78 is 12.2. The van der Waals surface area contributed by atoms with Gasteiger partial charge in [-0.25, -0.2) is 0 Å². The molecular formula is C54H46GeN4O. The van der Waals surface area contributed by atoms with Crippen molar-refractivity contribution in [3.8, 4) is 39.6 Å². The second-order valence-corrected chi connectivity index (χ2v) is 26.8. The van der Waals surface area contributed by atoms with Crippen LogP contribution in [-0.4, -0.2) is 29.5 Å². The number of pyridine rings is 1. The van der Waals surface area contributed by atoms with Crippen LogP contribution < -0.4 is 23.3 Å². The molecule has 7 aromatic carbocycles. The molecule has 292 valence electrons. The summed E-state index contributed by atoms with van der Waals surface area (Å²) in [7, 11) is 0. The molecular weight excluding hydrogens is 793 g/mol. The number of hydrogen-bond donors (Lipinski definition) is 0.